The van der Waals surface area contributed by atoms with E-state index < -0.39 is 10.8 Å². The third kappa shape index (κ3) is 4.03. The summed E-state index contributed by atoms with van der Waals surface area (Å²) in [6.45, 7) is 2.82. The van der Waals surface area contributed by atoms with Crippen LogP contribution in [0.5, 0.6) is 0 Å². The molecule has 1 N–H and O–H groups in total. The summed E-state index contributed by atoms with van der Waals surface area (Å²) in [6.07, 6.45) is 4.67. The maximum atomic E-state index is 12.6. The molecular formula is C16H23N3O3S2. The molecule has 0 spiro atoms. The Morgan fingerprint density at radius 1 is 1.29 bits per heavy atom. The molecule has 2 aliphatic rings. The van der Waals surface area contributed by atoms with E-state index in [9.17, 15) is 13.8 Å². The van der Waals surface area contributed by atoms with Crippen molar-refractivity contribution in [2.45, 2.75) is 51.1 Å². The lowest BCUT2D eigenvalue weighted by Gasteiger charge is -2.32. The van der Waals surface area contributed by atoms with Gasteiger partial charge in [-0.15, -0.1) is 11.3 Å². The average Bonchev–Trinajstić information content (AvgIpc) is 3.07. The van der Waals surface area contributed by atoms with Crippen molar-refractivity contribution < 1.29 is 13.8 Å². The lowest BCUT2D eigenvalue weighted by atomic mass is 10.0. The molecule has 0 aromatic carbocycles. The second-order valence-electron chi connectivity index (χ2n) is 6.48. The zero-order valence-corrected chi connectivity index (χ0v) is 15.5. The minimum absolute atomic E-state index is 0.0559. The van der Waals surface area contributed by atoms with Crippen molar-refractivity contribution in [1.82, 2.24) is 15.2 Å². The summed E-state index contributed by atoms with van der Waals surface area (Å²) in [5.41, 5.74) is 0.364. The summed E-state index contributed by atoms with van der Waals surface area (Å²) in [5, 5.41) is 4.95. The maximum Gasteiger partial charge on any atom is 0.280 e. The predicted molar refractivity (Wildman–Crippen MR) is 94.8 cm³/mol. The smallest absolute Gasteiger partial charge is 0.280 e. The van der Waals surface area contributed by atoms with Gasteiger partial charge in [0, 0.05) is 46.3 Å². The van der Waals surface area contributed by atoms with Crippen LogP contribution in [0.1, 0.15) is 59.3 Å². The van der Waals surface area contributed by atoms with Crippen LogP contribution in [0.2, 0.25) is 0 Å². The van der Waals surface area contributed by atoms with Crippen LogP contribution >= 0.6 is 11.3 Å². The molecule has 6 nitrogen and oxygen atoms in total. The molecule has 2 aliphatic heterocycles. The van der Waals surface area contributed by atoms with Gasteiger partial charge in [0.25, 0.3) is 11.8 Å². The summed E-state index contributed by atoms with van der Waals surface area (Å²) in [4.78, 5) is 31.0. The fraction of sp³-hybridized carbons (Fsp3) is 0.688. The zero-order chi connectivity index (χ0) is 17.1. The van der Waals surface area contributed by atoms with E-state index >= 15 is 0 Å². The lowest BCUT2D eigenvalue weighted by Crippen LogP contribution is -2.42. The first-order valence-corrected chi connectivity index (χ1v) is 10.8. The van der Waals surface area contributed by atoms with Gasteiger partial charge in [-0.05, 0) is 39.0 Å². The highest BCUT2D eigenvalue weighted by molar-refractivity contribution is 7.85. The number of nitrogens with one attached hydrogen (secondary N) is 1. The van der Waals surface area contributed by atoms with Crippen LogP contribution < -0.4 is 5.32 Å². The first-order valence-electron chi connectivity index (χ1n) is 8.47. The van der Waals surface area contributed by atoms with Crippen LogP contribution in [0.15, 0.2) is 5.38 Å². The zero-order valence-electron chi connectivity index (χ0n) is 13.8. The first-order chi connectivity index (χ1) is 11.5. The number of hydrogen-bond acceptors (Lipinski definition) is 5. The van der Waals surface area contributed by atoms with Gasteiger partial charge in [-0.25, -0.2) is 4.98 Å². The maximum absolute atomic E-state index is 12.6. The Morgan fingerprint density at radius 2 is 2.04 bits per heavy atom. The molecule has 3 rings (SSSR count). The minimum atomic E-state index is -0.743. The Kier molecular flexibility index (Phi) is 5.65. The summed E-state index contributed by atoms with van der Waals surface area (Å²) >= 11 is 1.21. The molecule has 0 radical (unpaired) electrons. The molecule has 2 saturated heterocycles. The number of aromatic nitrogens is 1. The van der Waals surface area contributed by atoms with E-state index in [1.807, 2.05) is 4.90 Å². The second-order valence-corrected chi connectivity index (χ2v) is 9.03. The normalized spacial score (nSPS) is 27.7. The van der Waals surface area contributed by atoms with E-state index in [1.54, 1.807) is 5.38 Å². The van der Waals surface area contributed by atoms with Crippen LogP contribution in [-0.2, 0) is 10.8 Å². The molecular weight excluding hydrogens is 346 g/mol. The summed E-state index contributed by atoms with van der Waals surface area (Å²) in [6, 6.07) is 0.286. The van der Waals surface area contributed by atoms with Crippen molar-refractivity contribution in [1.29, 1.82) is 0 Å². The van der Waals surface area contributed by atoms with Gasteiger partial charge in [0.15, 0.2) is 5.01 Å². The van der Waals surface area contributed by atoms with E-state index in [4.69, 9.17) is 0 Å². The molecule has 0 aliphatic carbocycles. The van der Waals surface area contributed by atoms with Crippen LogP contribution in [-0.4, -0.2) is 56.0 Å². The van der Waals surface area contributed by atoms with E-state index in [0.717, 1.165) is 38.6 Å². The van der Waals surface area contributed by atoms with Crippen molar-refractivity contribution in [3.63, 3.8) is 0 Å². The van der Waals surface area contributed by atoms with E-state index in [1.165, 1.54) is 11.3 Å². The number of carbonyl (C=O) groups is 2. The fourth-order valence-electron chi connectivity index (χ4n) is 3.21. The molecule has 0 saturated carbocycles. The number of carbonyl (C=O) groups excluding carboxylic acids is 2. The van der Waals surface area contributed by atoms with Gasteiger partial charge in [0.05, 0.1) is 0 Å². The Hall–Kier alpha value is -1.28. The third-order valence-corrected chi connectivity index (χ3v) is 6.93. The molecule has 1 aromatic rings. The lowest BCUT2D eigenvalue weighted by molar-refractivity contribution is 0.0630. The summed E-state index contributed by atoms with van der Waals surface area (Å²) < 4.78 is 11.4. The van der Waals surface area contributed by atoms with E-state index in [2.05, 4.69) is 17.2 Å². The Labute approximate surface area is 148 Å². The highest BCUT2D eigenvalue weighted by Crippen LogP contribution is 2.20. The molecule has 3 heterocycles. The summed E-state index contributed by atoms with van der Waals surface area (Å²) in [5.74, 6) is 0.965. The van der Waals surface area contributed by atoms with Gasteiger partial charge in [-0.2, -0.15) is 0 Å². The minimum Gasteiger partial charge on any atom is -0.347 e. The number of nitrogens with zero attached hydrogens (tertiary/aromatic N) is 2. The largest absolute Gasteiger partial charge is 0.347 e. The number of likely N-dealkylation sites (tertiary alicyclic amines) is 1. The van der Waals surface area contributed by atoms with Crippen molar-refractivity contribution in [3.8, 4) is 0 Å². The SMILES string of the molecule is CC1CCCCN1C(=O)c1csc(C(=O)NC2CCS(=O)CC2)n1. The molecule has 132 valence electrons. The fourth-order valence-corrected chi connectivity index (χ4v) is 5.20. The van der Waals surface area contributed by atoms with Gasteiger partial charge in [0.2, 0.25) is 0 Å². The number of rotatable bonds is 3. The Balaban J connectivity index is 1.61. The topological polar surface area (TPSA) is 79.4 Å². The molecule has 1 aromatic heterocycles. The number of amides is 2. The van der Waals surface area contributed by atoms with Crippen molar-refractivity contribution >= 4 is 34.0 Å². The molecule has 8 heteroatoms. The first kappa shape index (κ1) is 17.5. The van der Waals surface area contributed by atoms with Gasteiger partial charge in [-0.3, -0.25) is 13.8 Å². The average molecular weight is 370 g/mol. The third-order valence-electron chi connectivity index (χ3n) is 4.70. The van der Waals surface area contributed by atoms with Gasteiger partial charge in [-0.1, -0.05) is 0 Å². The summed E-state index contributed by atoms with van der Waals surface area (Å²) in [7, 11) is -0.743. The Bertz CT molecular complexity index is 636. The molecule has 1 unspecified atom stereocenters. The van der Waals surface area contributed by atoms with Gasteiger partial charge in [0.1, 0.15) is 5.69 Å². The van der Waals surface area contributed by atoms with Crippen molar-refractivity contribution in [2.24, 2.45) is 0 Å². The second kappa shape index (κ2) is 7.74. The monoisotopic (exact) mass is 369 g/mol. The van der Waals surface area contributed by atoms with Gasteiger partial charge >= 0.3 is 0 Å². The molecule has 1 atom stereocenters. The van der Waals surface area contributed by atoms with E-state index in [-0.39, 0.29) is 23.9 Å². The standard InChI is InChI=1S/C16H23N3O3S2/c1-11-4-2-3-7-19(11)16(21)13-10-23-15(18-13)14(20)17-12-5-8-24(22)9-6-12/h10-12H,2-9H2,1H3,(H,17,20). The molecule has 24 heavy (non-hydrogen) atoms. The molecule has 2 amide bonds. The highest BCUT2D eigenvalue weighted by atomic mass is 32.2. The quantitative estimate of drug-likeness (QED) is 0.881. The van der Waals surface area contributed by atoms with Crippen molar-refractivity contribution in [2.75, 3.05) is 18.1 Å². The Morgan fingerprint density at radius 3 is 2.75 bits per heavy atom. The van der Waals surface area contributed by atoms with Crippen molar-refractivity contribution in [3.05, 3.63) is 16.1 Å². The van der Waals surface area contributed by atoms with Crippen LogP contribution in [0, 0.1) is 0 Å². The molecule has 2 fully saturated rings. The van der Waals surface area contributed by atoms with Crippen LogP contribution in [0.4, 0.5) is 0 Å². The number of thiazole rings is 1. The van der Waals surface area contributed by atoms with Gasteiger partial charge < -0.3 is 10.2 Å². The highest BCUT2D eigenvalue weighted by Gasteiger charge is 2.27. The number of piperidine rings is 1. The predicted octanol–water partition coefficient (Wildman–Crippen LogP) is 1.80. The van der Waals surface area contributed by atoms with E-state index in [0.29, 0.717) is 22.2 Å². The van der Waals surface area contributed by atoms with Crippen LogP contribution in [0.25, 0.3) is 0 Å². The number of hydrogen-bond donors (Lipinski definition) is 1. The molecule has 0 bridgehead atoms. The van der Waals surface area contributed by atoms with Crippen LogP contribution in [0.3, 0.4) is 0 Å².